The first-order valence-electron chi connectivity index (χ1n) is 5.71. The molecule has 1 aromatic heterocycles. The van der Waals surface area contributed by atoms with Crippen molar-refractivity contribution in [3.63, 3.8) is 0 Å². The third-order valence-corrected chi connectivity index (χ3v) is 2.62. The molecule has 0 spiro atoms. The SMILES string of the molecule is Cc1cccc(-n2nc(C)c(C(=O)N(C)C)n2)c1. The Hall–Kier alpha value is -2.17. The first-order chi connectivity index (χ1) is 8.49. The zero-order valence-electron chi connectivity index (χ0n) is 11.0. The van der Waals surface area contributed by atoms with E-state index in [-0.39, 0.29) is 5.91 Å². The topological polar surface area (TPSA) is 51.0 Å². The minimum atomic E-state index is -0.133. The summed E-state index contributed by atoms with van der Waals surface area (Å²) in [6, 6.07) is 7.84. The molecule has 1 aromatic carbocycles. The van der Waals surface area contributed by atoms with E-state index in [4.69, 9.17) is 0 Å². The first kappa shape index (κ1) is 12.3. The Morgan fingerprint density at radius 2 is 1.94 bits per heavy atom. The van der Waals surface area contributed by atoms with Crippen LogP contribution >= 0.6 is 0 Å². The number of nitrogens with zero attached hydrogens (tertiary/aromatic N) is 4. The summed E-state index contributed by atoms with van der Waals surface area (Å²) < 4.78 is 0. The van der Waals surface area contributed by atoms with E-state index in [1.807, 2.05) is 31.2 Å². The van der Waals surface area contributed by atoms with Crippen LogP contribution in [0.15, 0.2) is 24.3 Å². The van der Waals surface area contributed by atoms with Crippen molar-refractivity contribution in [2.75, 3.05) is 14.1 Å². The third kappa shape index (κ3) is 2.25. The van der Waals surface area contributed by atoms with Crippen LogP contribution in [0.1, 0.15) is 21.7 Å². The molecule has 5 heteroatoms. The lowest BCUT2D eigenvalue weighted by molar-refractivity contribution is 0.0821. The number of carbonyl (C=O) groups is 1. The largest absolute Gasteiger partial charge is 0.343 e. The normalized spacial score (nSPS) is 10.4. The van der Waals surface area contributed by atoms with Gasteiger partial charge in [-0.3, -0.25) is 4.79 Å². The van der Waals surface area contributed by atoms with E-state index in [0.717, 1.165) is 11.3 Å². The molecule has 5 nitrogen and oxygen atoms in total. The maximum Gasteiger partial charge on any atom is 0.275 e. The molecule has 2 rings (SSSR count). The predicted octanol–water partition coefficient (Wildman–Crippen LogP) is 1.59. The highest BCUT2D eigenvalue weighted by Crippen LogP contribution is 2.11. The maximum atomic E-state index is 11.9. The average Bonchev–Trinajstić information content (AvgIpc) is 2.70. The molecule has 18 heavy (non-hydrogen) atoms. The van der Waals surface area contributed by atoms with E-state index in [2.05, 4.69) is 10.2 Å². The van der Waals surface area contributed by atoms with Crippen LogP contribution in [0.2, 0.25) is 0 Å². The summed E-state index contributed by atoms with van der Waals surface area (Å²) in [5.41, 5.74) is 3.01. The minimum Gasteiger partial charge on any atom is -0.343 e. The van der Waals surface area contributed by atoms with Gasteiger partial charge in [0.15, 0.2) is 5.69 Å². The van der Waals surface area contributed by atoms with Crippen molar-refractivity contribution in [1.29, 1.82) is 0 Å². The Kier molecular flexibility index (Phi) is 3.14. The van der Waals surface area contributed by atoms with Crippen LogP contribution in [0.3, 0.4) is 0 Å². The number of aryl methyl sites for hydroxylation is 2. The third-order valence-electron chi connectivity index (χ3n) is 2.62. The molecule has 0 bridgehead atoms. The highest BCUT2D eigenvalue weighted by Gasteiger charge is 2.17. The Bertz CT molecular complexity index is 586. The van der Waals surface area contributed by atoms with Gasteiger partial charge in [0.05, 0.1) is 11.4 Å². The van der Waals surface area contributed by atoms with E-state index >= 15 is 0 Å². The van der Waals surface area contributed by atoms with Crippen LogP contribution in [0, 0.1) is 13.8 Å². The number of benzene rings is 1. The van der Waals surface area contributed by atoms with Gasteiger partial charge in [0, 0.05) is 14.1 Å². The van der Waals surface area contributed by atoms with Gasteiger partial charge in [0.2, 0.25) is 0 Å². The molecule has 0 atom stereocenters. The van der Waals surface area contributed by atoms with Gasteiger partial charge >= 0.3 is 0 Å². The smallest absolute Gasteiger partial charge is 0.275 e. The molecule has 0 saturated heterocycles. The molecular formula is C13H16N4O. The van der Waals surface area contributed by atoms with Crippen LogP contribution < -0.4 is 0 Å². The predicted molar refractivity (Wildman–Crippen MR) is 68.9 cm³/mol. The van der Waals surface area contributed by atoms with E-state index in [0.29, 0.717) is 11.4 Å². The van der Waals surface area contributed by atoms with Crippen LogP contribution in [-0.4, -0.2) is 39.9 Å². The van der Waals surface area contributed by atoms with Gasteiger partial charge in [-0.1, -0.05) is 12.1 Å². The van der Waals surface area contributed by atoms with Crippen molar-refractivity contribution in [3.05, 3.63) is 41.2 Å². The van der Waals surface area contributed by atoms with Crippen LogP contribution in [0.5, 0.6) is 0 Å². The summed E-state index contributed by atoms with van der Waals surface area (Å²) in [6.07, 6.45) is 0. The molecule has 0 saturated carbocycles. The zero-order chi connectivity index (χ0) is 13.3. The molecule has 0 aliphatic carbocycles. The highest BCUT2D eigenvalue weighted by molar-refractivity contribution is 5.92. The quantitative estimate of drug-likeness (QED) is 0.806. The van der Waals surface area contributed by atoms with E-state index < -0.39 is 0 Å². The molecule has 1 heterocycles. The summed E-state index contributed by atoms with van der Waals surface area (Å²) in [7, 11) is 3.40. The van der Waals surface area contributed by atoms with E-state index in [1.54, 1.807) is 21.0 Å². The Balaban J connectivity index is 2.43. The molecule has 0 N–H and O–H groups in total. The van der Waals surface area contributed by atoms with Gasteiger partial charge in [-0.2, -0.15) is 9.90 Å². The van der Waals surface area contributed by atoms with Crippen molar-refractivity contribution in [2.45, 2.75) is 13.8 Å². The fourth-order valence-electron chi connectivity index (χ4n) is 1.66. The number of carbonyl (C=O) groups excluding carboxylic acids is 1. The minimum absolute atomic E-state index is 0.133. The lowest BCUT2D eigenvalue weighted by Crippen LogP contribution is -2.23. The average molecular weight is 244 g/mol. The Labute approximate surface area is 106 Å². The summed E-state index contributed by atoms with van der Waals surface area (Å²) >= 11 is 0. The van der Waals surface area contributed by atoms with Gasteiger partial charge in [-0.15, -0.1) is 5.10 Å². The van der Waals surface area contributed by atoms with Crippen molar-refractivity contribution in [3.8, 4) is 5.69 Å². The second-order valence-corrected chi connectivity index (χ2v) is 4.46. The van der Waals surface area contributed by atoms with Gasteiger partial charge in [0.1, 0.15) is 0 Å². The molecule has 0 unspecified atom stereocenters. The Morgan fingerprint density at radius 1 is 1.22 bits per heavy atom. The van der Waals surface area contributed by atoms with Gasteiger partial charge in [0.25, 0.3) is 5.91 Å². The van der Waals surface area contributed by atoms with Crippen molar-refractivity contribution in [1.82, 2.24) is 19.9 Å². The number of hydrogen-bond donors (Lipinski definition) is 0. The molecular weight excluding hydrogens is 228 g/mol. The summed E-state index contributed by atoms with van der Waals surface area (Å²) in [5, 5.41) is 8.54. The molecule has 94 valence electrons. The summed E-state index contributed by atoms with van der Waals surface area (Å²) in [4.78, 5) is 14.9. The summed E-state index contributed by atoms with van der Waals surface area (Å²) in [6.45, 7) is 3.79. The second-order valence-electron chi connectivity index (χ2n) is 4.46. The van der Waals surface area contributed by atoms with Crippen LogP contribution in [0.25, 0.3) is 5.69 Å². The Morgan fingerprint density at radius 3 is 2.56 bits per heavy atom. The molecule has 0 radical (unpaired) electrons. The second kappa shape index (κ2) is 4.60. The number of hydrogen-bond acceptors (Lipinski definition) is 3. The number of amides is 1. The van der Waals surface area contributed by atoms with Gasteiger partial charge in [-0.05, 0) is 31.5 Å². The van der Waals surface area contributed by atoms with Crippen LogP contribution in [0.4, 0.5) is 0 Å². The highest BCUT2D eigenvalue weighted by atomic mass is 16.2. The van der Waals surface area contributed by atoms with Crippen molar-refractivity contribution in [2.24, 2.45) is 0 Å². The lowest BCUT2D eigenvalue weighted by atomic mass is 10.2. The summed E-state index contributed by atoms with van der Waals surface area (Å²) in [5.74, 6) is -0.133. The first-order valence-corrected chi connectivity index (χ1v) is 5.71. The number of rotatable bonds is 2. The standard InChI is InChI=1S/C13H16N4O/c1-9-6-5-7-11(8-9)17-14-10(2)12(15-17)13(18)16(3)4/h5-8H,1-4H3. The van der Waals surface area contributed by atoms with Crippen molar-refractivity contribution < 1.29 is 4.79 Å². The molecule has 0 aliphatic heterocycles. The van der Waals surface area contributed by atoms with Crippen molar-refractivity contribution >= 4 is 5.91 Å². The monoisotopic (exact) mass is 244 g/mol. The van der Waals surface area contributed by atoms with E-state index in [9.17, 15) is 4.79 Å². The molecule has 0 aliphatic rings. The zero-order valence-corrected chi connectivity index (χ0v) is 11.0. The van der Waals surface area contributed by atoms with E-state index in [1.165, 1.54) is 9.70 Å². The van der Waals surface area contributed by atoms with Crippen LogP contribution in [-0.2, 0) is 0 Å². The molecule has 2 aromatic rings. The van der Waals surface area contributed by atoms with Gasteiger partial charge < -0.3 is 4.90 Å². The fourth-order valence-corrected chi connectivity index (χ4v) is 1.66. The fraction of sp³-hybridized carbons (Fsp3) is 0.308. The lowest BCUT2D eigenvalue weighted by Gasteiger charge is -2.07. The molecule has 0 fully saturated rings. The number of aromatic nitrogens is 3. The maximum absolute atomic E-state index is 11.9. The molecule has 1 amide bonds. The van der Waals surface area contributed by atoms with Gasteiger partial charge in [-0.25, -0.2) is 0 Å².